The molecule has 4 N–H and O–H groups in total. The van der Waals surface area contributed by atoms with E-state index in [1.165, 1.54) is 25.2 Å². The van der Waals surface area contributed by atoms with E-state index in [0.29, 0.717) is 17.1 Å². The van der Waals surface area contributed by atoms with E-state index in [9.17, 15) is 18.0 Å². The van der Waals surface area contributed by atoms with E-state index in [1.54, 1.807) is 29.2 Å². The van der Waals surface area contributed by atoms with Crippen molar-refractivity contribution < 1.29 is 22.7 Å². The Morgan fingerprint density at radius 2 is 1.96 bits per heavy atom. The normalized spacial score (nSPS) is 15.9. The van der Waals surface area contributed by atoms with Crippen LogP contribution in [-0.2, 0) is 19.6 Å². The third kappa shape index (κ3) is 4.41. The number of benzene rings is 2. The number of nitrogens with two attached hydrogens (primary N) is 1. The average Bonchev–Trinajstić information content (AvgIpc) is 2.66. The predicted octanol–water partition coefficient (Wildman–Crippen LogP) is 0.286. The number of anilines is 2. The maximum Gasteiger partial charge on any atom is 0.262 e. The lowest BCUT2D eigenvalue weighted by molar-refractivity contribution is -0.127. The van der Waals surface area contributed by atoms with Crippen LogP contribution in [0.5, 0.6) is 5.75 Å². The summed E-state index contributed by atoms with van der Waals surface area (Å²) in [4.78, 5) is 26.2. The van der Waals surface area contributed by atoms with Gasteiger partial charge in [-0.25, -0.2) is 13.6 Å². The maximum atomic E-state index is 12.5. The Morgan fingerprint density at radius 1 is 1.21 bits per heavy atom. The summed E-state index contributed by atoms with van der Waals surface area (Å²) in [6.07, 6.45) is -0.751. The van der Waals surface area contributed by atoms with Gasteiger partial charge in [-0.15, -0.1) is 0 Å². The van der Waals surface area contributed by atoms with Crippen LogP contribution in [0.25, 0.3) is 0 Å². The number of fused-ring (bicyclic) bond motifs is 1. The molecule has 148 valence electrons. The zero-order valence-electron chi connectivity index (χ0n) is 15.1. The van der Waals surface area contributed by atoms with Gasteiger partial charge in [-0.2, -0.15) is 0 Å². The van der Waals surface area contributed by atoms with Gasteiger partial charge in [0.2, 0.25) is 15.9 Å². The third-order valence-corrected chi connectivity index (χ3v) is 5.09. The molecule has 0 unspecified atom stereocenters. The van der Waals surface area contributed by atoms with Gasteiger partial charge in [-0.3, -0.25) is 9.59 Å². The van der Waals surface area contributed by atoms with Crippen molar-refractivity contribution in [3.8, 4) is 5.75 Å². The fourth-order valence-electron chi connectivity index (χ4n) is 2.88. The number of hydrogen-bond donors (Lipinski definition) is 3. The Kier molecular flexibility index (Phi) is 5.52. The Labute approximate surface area is 162 Å². The van der Waals surface area contributed by atoms with Gasteiger partial charge in [-0.1, -0.05) is 18.2 Å². The number of para-hydroxylation sites is 2. The Balaban J connectivity index is 1.77. The van der Waals surface area contributed by atoms with Gasteiger partial charge < -0.3 is 20.3 Å². The number of nitrogens with one attached hydrogen (secondary N) is 2. The van der Waals surface area contributed by atoms with Crippen LogP contribution in [0.4, 0.5) is 11.4 Å². The first-order valence-electron chi connectivity index (χ1n) is 8.43. The molecule has 0 saturated carbocycles. The molecule has 0 bridgehead atoms. The van der Waals surface area contributed by atoms with Crippen LogP contribution in [0.15, 0.2) is 53.4 Å². The number of rotatable bonds is 5. The molecule has 0 aromatic heterocycles. The first kappa shape index (κ1) is 19.6. The second-order valence-electron chi connectivity index (χ2n) is 6.19. The molecule has 1 aliphatic heterocycles. The van der Waals surface area contributed by atoms with E-state index < -0.39 is 16.1 Å². The highest BCUT2D eigenvalue weighted by Gasteiger charge is 2.31. The summed E-state index contributed by atoms with van der Waals surface area (Å²) in [6.45, 7) is 0.148. The van der Waals surface area contributed by atoms with Crippen molar-refractivity contribution in [2.75, 3.05) is 30.4 Å². The van der Waals surface area contributed by atoms with E-state index in [0.717, 1.165) is 0 Å². The fraction of sp³-hybridized carbons (Fsp3) is 0.222. The number of nitrogens with zero attached hydrogens (tertiary/aromatic N) is 1. The Bertz CT molecular complexity index is 1010. The number of primary sulfonamides is 1. The topological polar surface area (TPSA) is 131 Å². The SMILES string of the molecule is CNC(=O)[C@H]1CN(CC(=O)Nc2cccc(S(N)(=O)=O)c2)c2ccccc2O1. The van der Waals surface area contributed by atoms with Crippen LogP contribution in [-0.4, -0.2) is 46.5 Å². The minimum Gasteiger partial charge on any atom is -0.477 e. The summed E-state index contributed by atoms with van der Waals surface area (Å²) in [5, 5.41) is 10.3. The molecule has 2 aromatic rings. The summed E-state index contributed by atoms with van der Waals surface area (Å²) in [7, 11) is -2.36. The molecule has 10 heteroatoms. The van der Waals surface area contributed by atoms with Crippen LogP contribution in [0.2, 0.25) is 0 Å². The Morgan fingerprint density at radius 3 is 2.68 bits per heavy atom. The van der Waals surface area contributed by atoms with E-state index in [-0.39, 0.29) is 29.8 Å². The molecule has 9 nitrogen and oxygen atoms in total. The third-order valence-electron chi connectivity index (χ3n) is 4.18. The van der Waals surface area contributed by atoms with Crippen LogP contribution in [0.3, 0.4) is 0 Å². The smallest absolute Gasteiger partial charge is 0.262 e. The number of carbonyl (C=O) groups excluding carboxylic acids is 2. The van der Waals surface area contributed by atoms with E-state index >= 15 is 0 Å². The highest BCUT2D eigenvalue weighted by atomic mass is 32.2. The van der Waals surface area contributed by atoms with Crippen molar-refractivity contribution in [1.82, 2.24) is 5.32 Å². The minimum absolute atomic E-state index is 0.0481. The predicted molar refractivity (Wildman–Crippen MR) is 104 cm³/mol. The van der Waals surface area contributed by atoms with E-state index in [4.69, 9.17) is 9.88 Å². The fourth-order valence-corrected chi connectivity index (χ4v) is 3.44. The quantitative estimate of drug-likeness (QED) is 0.656. The van der Waals surface area contributed by atoms with E-state index in [2.05, 4.69) is 10.6 Å². The number of carbonyl (C=O) groups is 2. The number of ether oxygens (including phenoxy) is 1. The standard InChI is InChI=1S/C18H20N4O5S/c1-20-18(24)16-10-22(14-7-2-3-8-15(14)27-16)11-17(23)21-12-5-4-6-13(9-12)28(19,25)26/h2-9,16H,10-11H2,1H3,(H,20,24)(H,21,23)(H2,19,25,26)/t16-/m1/s1. The zero-order chi connectivity index (χ0) is 20.3. The summed E-state index contributed by atoms with van der Waals surface area (Å²) in [6, 6.07) is 12.8. The minimum atomic E-state index is -3.87. The number of likely N-dealkylation sites (N-methyl/N-ethyl adjacent to an activating group) is 1. The molecular formula is C18H20N4O5S. The second kappa shape index (κ2) is 7.87. The van der Waals surface area contributed by atoms with Gasteiger partial charge in [0.15, 0.2) is 6.10 Å². The van der Waals surface area contributed by atoms with Gasteiger partial charge in [0.1, 0.15) is 5.75 Å². The van der Waals surface area contributed by atoms with Gasteiger partial charge in [0.05, 0.1) is 23.7 Å². The summed E-state index contributed by atoms with van der Waals surface area (Å²) in [5.41, 5.74) is 0.997. The monoisotopic (exact) mass is 404 g/mol. The lowest BCUT2D eigenvalue weighted by Crippen LogP contribution is -2.50. The highest BCUT2D eigenvalue weighted by molar-refractivity contribution is 7.89. The van der Waals surface area contributed by atoms with Crippen molar-refractivity contribution in [2.24, 2.45) is 5.14 Å². The molecular weight excluding hydrogens is 384 g/mol. The van der Waals surface area contributed by atoms with Gasteiger partial charge in [-0.05, 0) is 30.3 Å². The van der Waals surface area contributed by atoms with Gasteiger partial charge in [0, 0.05) is 12.7 Å². The maximum absolute atomic E-state index is 12.5. The summed E-state index contributed by atoms with van der Waals surface area (Å²) in [5.74, 6) is -0.161. The number of amides is 2. The molecule has 2 aromatic carbocycles. The number of sulfonamides is 1. The molecule has 1 heterocycles. The average molecular weight is 404 g/mol. The van der Waals surface area contributed by atoms with Crippen molar-refractivity contribution >= 4 is 33.2 Å². The van der Waals surface area contributed by atoms with Crippen LogP contribution < -0.4 is 25.4 Å². The molecule has 0 fully saturated rings. The largest absolute Gasteiger partial charge is 0.477 e. The van der Waals surface area contributed by atoms with Gasteiger partial charge >= 0.3 is 0 Å². The van der Waals surface area contributed by atoms with Crippen LogP contribution in [0, 0.1) is 0 Å². The van der Waals surface area contributed by atoms with Crippen LogP contribution in [0.1, 0.15) is 0 Å². The van der Waals surface area contributed by atoms with Crippen molar-refractivity contribution in [1.29, 1.82) is 0 Å². The molecule has 0 spiro atoms. The van der Waals surface area contributed by atoms with E-state index in [1.807, 2.05) is 6.07 Å². The molecule has 28 heavy (non-hydrogen) atoms. The zero-order valence-corrected chi connectivity index (χ0v) is 15.9. The molecule has 3 rings (SSSR count). The van der Waals surface area contributed by atoms with Crippen molar-refractivity contribution in [3.63, 3.8) is 0 Å². The summed E-state index contributed by atoms with van der Waals surface area (Å²) < 4.78 is 28.6. The number of hydrogen-bond acceptors (Lipinski definition) is 6. The highest BCUT2D eigenvalue weighted by Crippen LogP contribution is 2.33. The molecule has 2 amide bonds. The molecule has 0 aliphatic carbocycles. The molecule has 0 radical (unpaired) electrons. The molecule has 0 saturated heterocycles. The molecule has 1 aliphatic rings. The lowest BCUT2D eigenvalue weighted by atomic mass is 10.1. The van der Waals surface area contributed by atoms with Gasteiger partial charge in [0.25, 0.3) is 5.91 Å². The summed E-state index contributed by atoms with van der Waals surface area (Å²) >= 11 is 0. The first-order chi connectivity index (χ1) is 13.3. The Hall–Kier alpha value is -3.11. The molecule has 1 atom stereocenters. The lowest BCUT2D eigenvalue weighted by Gasteiger charge is -2.35. The van der Waals surface area contributed by atoms with Crippen molar-refractivity contribution in [3.05, 3.63) is 48.5 Å². The van der Waals surface area contributed by atoms with Crippen LogP contribution >= 0.6 is 0 Å². The van der Waals surface area contributed by atoms with Crippen molar-refractivity contribution in [2.45, 2.75) is 11.0 Å². The second-order valence-corrected chi connectivity index (χ2v) is 7.75. The first-order valence-corrected chi connectivity index (χ1v) is 9.97.